The lowest BCUT2D eigenvalue weighted by Gasteiger charge is -2.23. The molecule has 1 amide bonds. The fraction of sp³-hybridized carbons (Fsp3) is 0.292. The van der Waals surface area contributed by atoms with Gasteiger partial charge in [-0.05, 0) is 43.9 Å². The van der Waals surface area contributed by atoms with Crippen LogP contribution in [0.4, 0.5) is 0 Å². The Hall–Kier alpha value is -3.81. The predicted molar refractivity (Wildman–Crippen MR) is 118 cm³/mol. The molecule has 0 bridgehead atoms. The topological polar surface area (TPSA) is 89.9 Å². The van der Waals surface area contributed by atoms with Crippen molar-refractivity contribution in [3.63, 3.8) is 0 Å². The molecule has 0 unspecified atom stereocenters. The number of benzene rings is 2. The van der Waals surface area contributed by atoms with Gasteiger partial charge < -0.3 is 9.42 Å². The summed E-state index contributed by atoms with van der Waals surface area (Å²) >= 11 is 0. The number of hydrogen-bond acceptors (Lipinski definition) is 6. The van der Waals surface area contributed by atoms with Crippen LogP contribution in [0.2, 0.25) is 0 Å². The van der Waals surface area contributed by atoms with Crippen LogP contribution in [0.3, 0.4) is 0 Å². The second kappa shape index (κ2) is 8.37. The molecule has 0 radical (unpaired) electrons. The summed E-state index contributed by atoms with van der Waals surface area (Å²) in [5.74, 6) is 0.953. The lowest BCUT2D eigenvalue weighted by molar-refractivity contribution is 0.0709. The summed E-state index contributed by atoms with van der Waals surface area (Å²) < 4.78 is 5.66. The van der Waals surface area contributed by atoms with E-state index in [1.54, 1.807) is 12.4 Å². The van der Waals surface area contributed by atoms with Gasteiger partial charge in [-0.1, -0.05) is 48.0 Å². The van der Waals surface area contributed by atoms with E-state index in [0.717, 1.165) is 36.0 Å². The molecule has 2 aromatic carbocycles. The lowest BCUT2D eigenvalue weighted by atomic mass is 10.1. The highest BCUT2D eigenvalue weighted by Gasteiger charge is 2.36. The van der Waals surface area contributed by atoms with E-state index in [1.165, 1.54) is 4.80 Å². The summed E-state index contributed by atoms with van der Waals surface area (Å²) in [5, 5.41) is 12.7. The molecule has 1 atom stereocenters. The van der Waals surface area contributed by atoms with Crippen molar-refractivity contribution in [2.24, 2.45) is 0 Å². The maximum Gasteiger partial charge on any atom is 0.256 e. The quantitative estimate of drug-likeness (QED) is 0.474. The second-order valence-corrected chi connectivity index (χ2v) is 7.96. The summed E-state index contributed by atoms with van der Waals surface area (Å²) in [6, 6.07) is 13.5. The van der Waals surface area contributed by atoms with Crippen LogP contribution in [0.5, 0.6) is 0 Å². The molecule has 0 spiro atoms. The third-order valence-electron chi connectivity index (χ3n) is 5.90. The van der Waals surface area contributed by atoms with Crippen LogP contribution in [0, 0.1) is 6.92 Å². The predicted octanol–water partition coefficient (Wildman–Crippen LogP) is 4.17. The van der Waals surface area contributed by atoms with Gasteiger partial charge in [-0.2, -0.15) is 20.0 Å². The number of amides is 1. The van der Waals surface area contributed by atoms with Gasteiger partial charge in [-0.3, -0.25) is 4.79 Å². The van der Waals surface area contributed by atoms with Gasteiger partial charge in [0.05, 0.1) is 23.6 Å². The average molecular weight is 428 g/mol. The van der Waals surface area contributed by atoms with Crippen molar-refractivity contribution in [3.8, 4) is 17.1 Å². The summed E-state index contributed by atoms with van der Waals surface area (Å²) in [4.78, 5) is 21.6. The van der Waals surface area contributed by atoms with Crippen molar-refractivity contribution in [2.45, 2.75) is 39.2 Å². The Balaban J connectivity index is 1.47. The number of nitrogens with zero attached hydrogens (tertiary/aromatic N) is 6. The molecule has 1 aliphatic heterocycles. The highest BCUT2D eigenvalue weighted by molar-refractivity contribution is 5.98. The van der Waals surface area contributed by atoms with E-state index in [-0.39, 0.29) is 11.9 Å². The van der Waals surface area contributed by atoms with E-state index in [2.05, 4.69) is 33.3 Å². The molecule has 1 saturated heterocycles. The molecule has 2 aromatic heterocycles. The third kappa shape index (κ3) is 3.57. The van der Waals surface area contributed by atoms with Crippen molar-refractivity contribution in [1.29, 1.82) is 0 Å². The number of carbonyl (C=O) groups excluding carboxylic acids is 1. The standard InChI is InChI=1S/C24H24N6O2/c1-3-17-7-4-5-8-18(17)22-27-23(32-28-22)21-9-6-14-29(21)24(31)19-15-16(2)10-11-20(19)30-25-12-13-26-30/h4-5,7-8,10-13,15,21H,3,6,9,14H2,1-2H3/t21-/m0/s1. The molecule has 0 N–H and O–H groups in total. The smallest absolute Gasteiger partial charge is 0.256 e. The van der Waals surface area contributed by atoms with E-state index in [9.17, 15) is 4.79 Å². The summed E-state index contributed by atoms with van der Waals surface area (Å²) in [7, 11) is 0. The van der Waals surface area contributed by atoms with Crippen LogP contribution in [-0.2, 0) is 6.42 Å². The van der Waals surface area contributed by atoms with E-state index in [0.29, 0.717) is 29.5 Å². The van der Waals surface area contributed by atoms with Crippen LogP contribution in [0.15, 0.2) is 59.4 Å². The Kier molecular flexibility index (Phi) is 5.26. The molecule has 162 valence electrons. The molecule has 1 fully saturated rings. The van der Waals surface area contributed by atoms with Gasteiger partial charge in [0.1, 0.15) is 6.04 Å². The Bertz CT molecular complexity index is 1250. The van der Waals surface area contributed by atoms with Crippen molar-refractivity contribution in [3.05, 3.63) is 77.4 Å². The maximum atomic E-state index is 13.6. The first kappa shape index (κ1) is 20.1. The number of hydrogen-bond donors (Lipinski definition) is 0. The largest absolute Gasteiger partial charge is 0.337 e. The van der Waals surface area contributed by atoms with Gasteiger partial charge >= 0.3 is 0 Å². The molecule has 0 saturated carbocycles. The minimum Gasteiger partial charge on any atom is -0.337 e. The SMILES string of the molecule is CCc1ccccc1-c1noc([C@@H]2CCCN2C(=O)c2cc(C)ccc2-n2nccn2)n1. The van der Waals surface area contributed by atoms with Crippen molar-refractivity contribution in [1.82, 2.24) is 30.0 Å². The minimum atomic E-state index is -0.253. The monoisotopic (exact) mass is 428 g/mol. The number of aryl methyl sites for hydroxylation is 2. The zero-order valence-electron chi connectivity index (χ0n) is 18.1. The van der Waals surface area contributed by atoms with Crippen LogP contribution < -0.4 is 0 Å². The first-order valence-corrected chi connectivity index (χ1v) is 10.9. The minimum absolute atomic E-state index is 0.0859. The molecule has 8 nitrogen and oxygen atoms in total. The zero-order chi connectivity index (χ0) is 22.1. The van der Waals surface area contributed by atoms with E-state index >= 15 is 0 Å². The number of rotatable bonds is 5. The van der Waals surface area contributed by atoms with E-state index in [1.807, 2.05) is 48.2 Å². The van der Waals surface area contributed by atoms with E-state index < -0.39 is 0 Å². The molecule has 1 aliphatic rings. The number of likely N-dealkylation sites (tertiary alicyclic amines) is 1. The van der Waals surface area contributed by atoms with Crippen LogP contribution in [-0.4, -0.2) is 42.5 Å². The Morgan fingerprint density at radius 1 is 1.16 bits per heavy atom. The Morgan fingerprint density at radius 3 is 2.78 bits per heavy atom. The highest BCUT2D eigenvalue weighted by atomic mass is 16.5. The highest BCUT2D eigenvalue weighted by Crippen LogP contribution is 2.34. The maximum absolute atomic E-state index is 13.6. The third-order valence-corrected chi connectivity index (χ3v) is 5.90. The van der Waals surface area contributed by atoms with Crippen LogP contribution in [0.1, 0.15) is 53.2 Å². The van der Waals surface area contributed by atoms with Crippen molar-refractivity contribution in [2.75, 3.05) is 6.54 Å². The molecule has 3 heterocycles. The normalized spacial score (nSPS) is 15.9. The zero-order valence-corrected chi connectivity index (χ0v) is 18.1. The van der Waals surface area contributed by atoms with Gasteiger partial charge in [0.25, 0.3) is 5.91 Å². The van der Waals surface area contributed by atoms with Crippen LogP contribution in [0.25, 0.3) is 17.1 Å². The molecule has 5 rings (SSSR count). The molecular formula is C24H24N6O2. The summed E-state index contributed by atoms with van der Waals surface area (Å²) in [6.45, 7) is 4.70. The molecule has 32 heavy (non-hydrogen) atoms. The van der Waals surface area contributed by atoms with Crippen molar-refractivity contribution < 1.29 is 9.32 Å². The van der Waals surface area contributed by atoms with Gasteiger partial charge in [0.2, 0.25) is 11.7 Å². The fourth-order valence-electron chi connectivity index (χ4n) is 4.28. The second-order valence-electron chi connectivity index (χ2n) is 7.96. The molecule has 0 aliphatic carbocycles. The first-order valence-electron chi connectivity index (χ1n) is 10.9. The molecular weight excluding hydrogens is 404 g/mol. The molecule has 4 aromatic rings. The Labute approximate surface area is 185 Å². The first-order chi connectivity index (χ1) is 15.7. The number of aromatic nitrogens is 5. The fourth-order valence-corrected chi connectivity index (χ4v) is 4.28. The van der Waals surface area contributed by atoms with E-state index in [4.69, 9.17) is 4.52 Å². The summed E-state index contributed by atoms with van der Waals surface area (Å²) in [5.41, 5.74) is 4.33. The Morgan fingerprint density at radius 2 is 1.97 bits per heavy atom. The van der Waals surface area contributed by atoms with Crippen LogP contribution >= 0.6 is 0 Å². The molecule has 8 heteroatoms. The van der Waals surface area contributed by atoms with Crippen molar-refractivity contribution >= 4 is 5.91 Å². The van der Waals surface area contributed by atoms with Gasteiger partial charge in [-0.25, -0.2) is 0 Å². The van der Waals surface area contributed by atoms with Gasteiger partial charge in [-0.15, -0.1) is 0 Å². The lowest BCUT2D eigenvalue weighted by Crippen LogP contribution is -2.31. The van der Waals surface area contributed by atoms with Gasteiger partial charge in [0.15, 0.2) is 0 Å². The van der Waals surface area contributed by atoms with Gasteiger partial charge in [0, 0.05) is 12.1 Å². The summed E-state index contributed by atoms with van der Waals surface area (Å²) in [6.07, 6.45) is 5.73. The number of carbonyl (C=O) groups is 1. The average Bonchev–Trinajstić information content (AvgIpc) is 3.59.